The Kier molecular flexibility index (Phi) is 4.17. The summed E-state index contributed by atoms with van der Waals surface area (Å²) in [4.78, 5) is 37.2. The van der Waals surface area contributed by atoms with Crippen molar-refractivity contribution in [3.63, 3.8) is 0 Å². The van der Waals surface area contributed by atoms with Crippen LogP contribution in [0.5, 0.6) is 0 Å². The number of carboxylic acids is 1. The van der Waals surface area contributed by atoms with E-state index in [-0.39, 0.29) is 18.5 Å². The summed E-state index contributed by atoms with van der Waals surface area (Å²) in [6.07, 6.45) is 2.36. The van der Waals surface area contributed by atoms with E-state index >= 15 is 0 Å². The Morgan fingerprint density at radius 2 is 2.17 bits per heavy atom. The fraction of sp³-hybridized carbons (Fsp3) is 0.471. The van der Waals surface area contributed by atoms with Gasteiger partial charge in [-0.2, -0.15) is 0 Å². The summed E-state index contributed by atoms with van der Waals surface area (Å²) in [5, 5.41) is 12.3. The number of esters is 1. The number of benzene rings is 1. The number of likely N-dealkylation sites (tertiary alicyclic amines) is 1. The van der Waals surface area contributed by atoms with Crippen molar-refractivity contribution in [1.29, 1.82) is 0 Å². The number of carbonyl (C=O) groups excluding carboxylic acids is 2. The summed E-state index contributed by atoms with van der Waals surface area (Å²) in [6, 6.07) is 6.12. The maximum atomic E-state index is 12.5. The molecule has 1 aromatic rings. The molecule has 128 valence electrons. The average Bonchev–Trinajstić information content (AvgIpc) is 3.12. The number of carboxylic acid groups (broad SMARTS) is 1. The SMILES string of the molecule is COC(=O)c1cccc(NC(=O)N2C[C@@H]3CCC[C@@]3(C(=O)O)C2)c1. The third-order valence-corrected chi connectivity index (χ3v) is 5.12. The first kappa shape index (κ1) is 16.3. The molecule has 0 spiro atoms. The third kappa shape index (κ3) is 2.70. The molecule has 1 saturated heterocycles. The van der Waals surface area contributed by atoms with Crippen molar-refractivity contribution in [2.24, 2.45) is 11.3 Å². The standard InChI is InChI=1S/C17H20N2O5/c1-24-14(20)11-4-2-6-13(8-11)18-16(23)19-9-12-5-3-7-17(12,10-19)15(21)22/h2,4,6,8,12H,3,5,7,9-10H2,1H3,(H,18,23)(H,21,22)/t12-,17+/m0/s1. The number of nitrogens with one attached hydrogen (secondary N) is 1. The Morgan fingerprint density at radius 1 is 1.38 bits per heavy atom. The molecule has 0 radical (unpaired) electrons. The molecule has 1 saturated carbocycles. The lowest BCUT2D eigenvalue weighted by Gasteiger charge is -2.23. The molecule has 24 heavy (non-hydrogen) atoms. The molecule has 7 nitrogen and oxygen atoms in total. The van der Waals surface area contributed by atoms with Crippen LogP contribution in [-0.2, 0) is 9.53 Å². The molecule has 1 aromatic carbocycles. The third-order valence-electron chi connectivity index (χ3n) is 5.12. The van der Waals surface area contributed by atoms with Crippen LogP contribution in [0.15, 0.2) is 24.3 Å². The Balaban J connectivity index is 1.71. The van der Waals surface area contributed by atoms with E-state index < -0.39 is 17.4 Å². The van der Waals surface area contributed by atoms with E-state index in [1.165, 1.54) is 13.2 Å². The first-order valence-electron chi connectivity index (χ1n) is 7.94. The Hall–Kier alpha value is -2.57. The number of methoxy groups -OCH3 is 1. The summed E-state index contributed by atoms with van der Waals surface area (Å²) < 4.78 is 4.66. The zero-order valence-electron chi connectivity index (χ0n) is 13.4. The van der Waals surface area contributed by atoms with Gasteiger partial charge in [0.2, 0.25) is 0 Å². The molecule has 2 N–H and O–H groups in total. The van der Waals surface area contributed by atoms with Gasteiger partial charge in [-0.3, -0.25) is 4.79 Å². The quantitative estimate of drug-likeness (QED) is 0.827. The van der Waals surface area contributed by atoms with E-state index in [2.05, 4.69) is 10.1 Å². The van der Waals surface area contributed by atoms with Gasteiger partial charge in [-0.05, 0) is 37.0 Å². The highest BCUT2D eigenvalue weighted by Gasteiger charge is 2.55. The van der Waals surface area contributed by atoms with Crippen LogP contribution in [0, 0.1) is 11.3 Å². The van der Waals surface area contributed by atoms with Crippen LogP contribution in [-0.4, -0.2) is 48.2 Å². The number of hydrogen-bond acceptors (Lipinski definition) is 4. The lowest BCUT2D eigenvalue weighted by Crippen LogP contribution is -2.38. The monoisotopic (exact) mass is 332 g/mol. The zero-order valence-corrected chi connectivity index (χ0v) is 13.4. The van der Waals surface area contributed by atoms with E-state index in [1.54, 1.807) is 23.1 Å². The van der Waals surface area contributed by atoms with Crippen LogP contribution in [0.3, 0.4) is 0 Å². The highest BCUT2D eigenvalue weighted by atomic mass is 16.5. The number of carbonyl (C=O) groups is 3. The van der Waals surface area contributed by atoms with E-state index in [0.29, 0.717) is 24.2 Å². The molecule has 0 bridgehead atoms. The van der Waals surface area contributed by atoms with Crippen LogP contribution < -0.4 is 5.32 Å². The van der Waals surface area contributed by atoms with E-state index in [9.17, 15) is 19.5 Å². The maximum Gasteiger partial charge on any atom is 0.337 e. The second kappa shape index (κ2) is 6.14. The van der Waals surface area contributed by atoms with Gasteiger partial charge in [0.15, 0.2) is 0 Å². The van der Waals surface area contributed by atoms with Crippen molar-refractivity contribution >= 4 is 23.7 Å². The van der Waals surface area contributed by atoms with E-state index in [0.717, 1.165) is 12.8 Å². The minimum Gasteiger partial charge on any atom is -0.481 e. The second-order valence-corrected chi connectivity index (χ2v) is 6.43. The maximum absolute atomic E-state index is 12.5. The highest BCUT2D eigenvalue weighted by Crippen LogP contribution is 2.48. The number of rotatable bonds is 3. The van der Waals surface area contributed by atoms with Gasteiger partial charge in [0.1, 0.15) is 0 Å². The van der Waals surface area contributed by atoms with E-state index in [1.807, 2.05) is 0 Å². The number of ether oxygens (including phenoxy) is 1. The number of fused-ring (bicyclic) bond motifs is 1. The predicted octanol–water partition coefficient (Wildman–Crippen LogP) is 2.19. The van der Waals surface area contributed by atoms with Gasteiger partial charge in [-0.15, -0.1) is 0 Å². The van der Waals surface area contributed by atoms with Crippen LogP contribution in [0.1, 0.15) is 29.6 Å². The largest absolute Gasteiger partial charge is 0.481 e. The molecular weight excluding hydrogens is 312 g/mol. The zero-order chi connectivity index (χ0) is 17.3. The van der Waals surface area contributed by atoms with Gasteiger partial charge in [-0.25, -0.2) is 9.59 Å². The molecule has 1 heterocycles. The van der Waals surface area contributed by atoms with Crippen molar-refractivity contribution in [2.45, 2.75) is 19.3 Å². The number of aliphatic carboxylic acids is 1. The van der Waals surface area contributed by atoms with Crippen LogP contribution in [0.4, 0.5) is 10.5 Å². The number of anilines is 1. The molecule has 0 unspecified atom stereocenters. The van der Waals surface area contributed by atoms with E-state index in [4.69, 9.17) is 0 Å². The van der Waals surface area contributed by atoms with Gasteiger partial charge < -0.3 is 20.1 Å². The summed E-state index contributed by atoms with van der Waals surface area (Å²) >= 11 is 0. The van der Waals surface area contributed by atoms with Gasteiger partial charge in [0.25, 0.3) is 0 Å². The van der Waals surface area contributed by atoms with Gasteiger partial charge >= 0.3 is 18.0 Å². The van der Waals surface area contributed by atoms with Crippen molar-refractivity contribution in [3.8, 4) is 0 Å². The summed E-state index contributed by atoms with van der Waals surface area (Å²) in [7, 11) is 1.29. The minimum atomic E-state index is -0.812. The average molecular weight is 332 g/mol. The minimum absolute atomic E-state index is 0.0159. The van der Waals surface area contributed by atoms with Crippen molar-refractivity contribution in [2.75, 3.05) is 25.5 Å². The first-order chi connectivity index (χ1) is 11.5. The normalized spacial score (nSPS) is 25.2. The molecular formula is C17H20N2O5. The molecule has 1 aliphatic carbocycles. The Morgan fingerprint density at radius 3 is 2.83 bits per heavy atom. The molecule has 2 aliphatic rings. The highest BCUT2D eigenvalue weighted by molar-refractivity contribution is 5.94. The van der Waals surface area contributed by atoms with Gasteiger partial charge in [0, 0.05) is 18.8 Å². The molecule has 7 heteroatoms. The topological polar surface area (TPSA) is 95.9 Å². The molecule has 2 fully saturated rings. The van der Waals surface area contributed by atoms with Crippen molar-refractivity contribution in [1.82, 2.24) is 4.90 Å². The lowest BCUT2D eigenvalue weighted by atomic mass is 9.81. The van der Waals surface area contributed by atoms with Crippen LogP contribution >= 0.6 is 0 Å². The first-order valence-corrected chi connectivity index (χ1v) is 7.94. The fourth-order valence-electron chi connectivity index (χ4n) is 3.84. The van der Waals surface area contributed by atoms with Crippen molar-refractivity contribution in [3.05, 3.63) is 29.8 Å². The predicted molar refractivity (Wildman–Crippen MR) is 85.8 cm³/mol. The second-order valence-electron chi connectivity index (χ2n) is 6.43. The molecule has 3 rings (SSSR count). The summed E-state index contributed by atoms with van der Waals surface area (Å²) in [5.41, 5.74) is 0.0190. The Labute approximate surface area is 139 Å². The smallest absolute Gasteiger partial charge is 0.337 e. The van der Waals surface area contributed by atoms with Crippen LogP contribution in [0.2, 0.25) is 0 Å². The van der Waals surface area contributed by atoms with Gasteiger partial charge in [0.05, 0.1) is 18.1 Å². The summed E-state index contributed by atoms with van der Waals surface area (Å²) in [6.45, 7) is 0.685. The van der Waals surface area contributed by atoms with Gasteiger partial charge in [-0.1, -0.05) is 12.5 Å². The number of amides is 2. The van der Waals surface area contributed by atoms with Crippen molar-refractivity contribution < 1.29 is 24.2 Å². The molecule has 2 atom stereocenters. The number of hydrogen-bond donors (Lipinski definition) is 2. The van der Waals surface area contributed by atoms with Crippen LogP contribution in [0.25, 0.3) is 0 Å². The number of nitrogens with zero attached hydrogens (tertiary/aromatic N) is 1. The lowest BCUT2D eigenvalue weighted by molar-refractivity contribution is -0.149. The fourth-order valence-corrected chi connectivity index (χ4v) is 3.84. The Bertz CT molecular complexity index is 689. The molecule has 0 aromatic heterocycles. The number of urea groups is 1. The molecule has 2 amide bonds. The molecule has 1 aliphatic heterocycles. The summed E-state index contributed by atoms with van der Waals surface area (Å²) in [5.74, 6) is -1.28.